The van der Waals surface area contributed by atoms with Gasteiger partial charge in [0.1, 0.15) is 25.1 Å². The lowest BCUT2D eigenvalue weighted by atomic mass is 9.97. The number of para-hydroxylation sites is 1. The highest BCUT2D eigenvalue weighted by molar-refractivity contribution is 5.97. The molecule has 166 valence electrons. The molecule has 3 aliphatic rings. The van der Waals surface area contributed by atoms with Crippen molar-refractivity contribution in [2.24, 2.45) is 0 Å². The SMILES string of the molecule is O=C1c2c(O)c(=O)ccn2N2CN1C1(/C=C/COc3ccccc3[C@@H]2c2ccccc2)CC1. The lowest BCUT2D eigenvalue weighted by Gasteiger charge is -2.46. The molecule has 1 aliphatic carbocycles. The van der Waals surface area contributed by atoms with Gasteiger partial charge in [0.15, 0.2) is 11.4 Å². The van der Waals surface area contributed by atoms with E-state index in [0.717, 1.165) is 29.7 Å². The lowest BCUT2D eigenvalue weighted by molar-refractivity contribution is 0.0606. The number of hydrogen-bond acceptors (Lipinski definition) is 5. The van der Waals surface area contributed by atoms with Gasteiger partial charge in [0.2, 0.25) is 5.43 Å². The number of carbonyl (C=O) groups is 1. The van der Waals surface area contributed by atoms with Crippen molar-refractivity contribution >= 4 is 5.91 Å². The molecule has 0 radical (unpaired) electrons. The van der Waals surface area contributed by atoms with Crippen molar-refractivity contribution in [1.82, 2.24) is 9.58 Å². The minimum atomic E-state index is -0.568. The van der Waals surface area contributed by atoms with Crippen molar-refractivity contribution in [2.75, 3.05) is 18.3 Å². The van der Waals surface area contributed by atoms with Gasteiger partial charge in [0, 0.05) is 17.8 Å². The zero-order chi connectivity index (χ0) is 22.6. The van der Waals surface area contributed by atoms with E-state index in [4.69, 9.17) is 4.74 Å². The number of amides is 1. The molecule has 33 heavy (non-hydrogen) atoms. The molecule has 0 unspecified atom stereocenters. The molecule has 3 heterocycles. The first-order valence-corrected chi connectivity index (χ1v) is 11.1. The predicted octanol–water partition coefficient (Wildman–Crippen LogP) is 3.18. The van der Waals surface area contributed by atoms with Crippen LogP contribution in [-0.4, -0.2) is 39.4 Å². The number of hydrogen-bond donors (Lipinski definition) is 1. The Morgan fingerprint density at radius 2 is 1.73 bits per heavy atom. The van der Waals surface area contributed by atoms with Gasteiger partial charge in [0.25, 0.3) is 5.91 Å². The first-order chi connectivity index (χ1) is 16.1. The maximum absolute atomic E-state index is 13.6. The molecule has 7 heteroatoms. The summed E-state index contributed by atoms with van der Waals surface area (Å²) < 4.78 is 7.80. The third-order valence-corrected chi connectivity index (χ3v) is 6.75. The molecule has 1 saturated carbocycles. The summed E-state index contributed by atoms with van der Waals surface area (Å²) in [5.74, 6) is -0.120. The fourth-order valence-electron chi connectivity index (χ4n) is 4.93. The summed E-state index contributed by atoms with van der Waals surface area (Å²) in [7, 11) is 0. The quantitative estimate of drug-likeness (QED) is 0.587. The summed E-state index contributed by atoms with van der Waals surface area (Å²) in [4.78, 5) is 27.7. The summed E-state index contributed by atoms with van der Waals surface area (Å²) in [6.45, 7) is 0.685. The molecule has 2 aliphatic heterocycles. The van der Waals surface area contributed by atoms with Crippen molar-refractivity contribution in [3.8, 4) is 11.5 Å². The number of benzene rings is 2. The number of ether oxygens (including phenoxy) is 1. The van der Waals surface area contributed by atoms with Gasteiger partial charge in [-0.15, -0.1) is 0 Å². The number of carbonyl (C=O) groups excluding carboxylic acids is 1. The number of rotatable bonds is 1. The topological polar surface area (TPSA) is 75.0 Å². The molecule has 1 spiro atoms. The molecule has 2 bridgehead atoms. The average molecular weight is 441 g/mol. The summed E-state index contributed by atoms with van der Waals surface area (Å²) in [5.41, 5.74) is 0.916. The number of pyridine rings is 1. The maximum atomic E-state index is 13.6. The molecule has 2 aromatic carbocycles. The second kappa shape index (κ2) is 7.27. The van der Waals surface area contributed by atoms with Crippen LogP contribution in [0.2, 0.25) is 0 Å². The summed E-state index contributed by atoms with van der Waals surface area (Å²) >= 11 is 0. The molecule has 3 aromatic rings. The van der Waals surface area contributed by atoms with E-state index in [2.05, 4.69) is 0 Å². The Morgan fingerprint density at radius 1 is 0.970 bits per heavy atom. The Balaban J connectivity index is 1.65. The maximum Gasteiger partial charge on any atom is 0.278 e. The molecular formula is C26H23N3O4. The summed E-state index contributed by atoms with van der Waals surface area (Å²) in [6, 6.07) is 18.8. The van der Waals surface area contributed by atoms with Crippen LogP contribution in [0.3, 0.4) is 0 Å². The normalized spacial score (nSPS) is 21.5. The molecule has 1 N–H and O–H groups in total. The van der Waals surface area contributed by atoms with E-state index in [1.54, 1.807) is 15.8 Å². The first kappa shape index (κ1) is 19.7. The molecule has 1 aromatic heterocycles. The molecule has 1 atom stereocenters. The van der Waals surface area contributed by atoms with Gasteiger partial charge in [-0.25, -0.2) is 0 Å². The number of fused-ring (bicyclic) bond motifs is 6. The van der Waals surface area contributed by atoms with E-state index in [-0.39, 0.29) is 17.6 Å². The van der Waals surface area contributed by atoms with Crippen LogP contribution in [-0.2, 0) is 0 Å². The van der Waals surface area contributed by atoms with Gasteiger partial charge in [-0.3, -0.25) is 19.3 Å². The van der Waals surface area contributed by atoms with Crippen molar-refractivity contribution < 1.29 is 14.6 Å². The standard InChI is InChI=1S/C26H23N3O4/c30-20-11-15-28-23(24(20)31)25(32)27-17-29(28)22(18-7-2-1-3-8-18)19-9-4-5-10-21(19)33-16-6-12-26(27)13-14-26/h1-12,15,22,31H,13-14,16-17H2/b12-6+/t22-/m0/s1. The fraction of sp³-hybridized carbons (Fsp3) is 0.231. The van der Waals surface area contributed by atoms with E-state index in [1.807, 2.05) is 71.8 Å². The van der Waals surface area contributed by atoms with Gasteiger partial charge < -0.3 is 14.7 Å². The zero-order valence-electron chi connectivity index (χ0n) is 17.9. The van der Waals surface area contributed by atoms with E-state index >= 15 is 0 Å². The Morgan fingerprint density at radius 3 is 2.52 bits per heavy atom. The van der Waals surface area contributed by atoms with Crippen LogP contribution in [0.25, 0.3) is 0 Å². The Bertz CT molecular complexity index is 1330. The van der Waals surface area contributed by atoms with Crippen molar-refractivity contribution in [3.05, 3.63) is 106 Å². The van der Waals surface area contributed by atoms with Crippen LogP contribution in [0.1, 0.15) is 40.5 Å². The summed E-state index contributed by atoms with van der Waals surface area (Å²) in [6.07, 6.45) is 7.20. The van der Waals surface area contributed by atoms with E-state index < -0.39 is 16.7 Å². The number of nitrogens with zero attached hydrogens (tertiary/aromatic N) is 3. The van der Waals surface area contributed by atoms with Crippen molar-refractivity contribution in [1.29, 1.82) is 0 Å². The highest BCUT2D eigenvalue weighted by atomic mass is 16.5. The van der Waals surface area contributed by atoms with E-state index in [0.29, 0.717) is 13.3 Å². The minimum absolute atomic E-state index is 0.00741. The molecule has 1 amide bonds. The zero-order valence-corrected chi connectivity index (χ0v) is 17.9. The van der Waals surface area contributed by atoms with Crippen LogP contribution in [0, 0.1) is 0 Å². The minimum Gasteiger partial charge on any atom is -0.502 e. The number of aromatic hydroxyl groups is 1. The molecule has 1 fully saturated rings. The monoisotopic (exact) mass is 441 g/mol. The van der Waals surface area contributed by atoms with E-state index in [1.165, 1.54) is 6.07 Å². The van der Waals surface area contributed by atoms with Gasteiger partial charge in [-0.1, -0.05) is 54.6 Å². The third-order valence-electron chi connectivity index (χ3n) is 6.75. The molecular weight excluding hydrogens is 418 g/mol. The second-order valence-corrected chi connectivity index (χ2v) is 8.70. The molecule has 0 saturated heterocycles. The predicted molar refractivity (Wildman–Crippen MR) is 123 cm³/mol. The van der Waals surface area contributed by atoms with E-state index in [9.17, 15) is 14.7 Å². The molecule has 7 nitrogen and oxygen atoms in total. The Hall–Kier alpha value is -4.00. The largest absolute Gasteiger partial charge is 0.502 e. The van der Waals surface area contributed by atoms with Crippen LogP contribution in [0.5, 0.6) is 11.5 Å². The van der Waals surface area contributed by atoms with Crippen LogP contribution in [0.4, 0.5) is 0 Å². The fourth-order valence-corrected chi connectivity index (χ4v) is 4.93. The molecule has 6 rings (SSSR count). The van der Waals surface area contributed by atoms with Gasteiger partial charge in [0.05, 0.1) is 5.54 Å². The van der Waals surface area contributed by atoms with Crippen LogP contribution >= 0.6 is 0 Å². The van der Waals surface area contributed by atoms with Gasteiger partial charge >= 0.3 is 0 Å². The third kappa shape index (κ3) is 3.03. The average Bonchev–Trinajstić information content (AvgIpc) is 3.62. The Labute approximate surface area is 190 Å². The second-order valence-electron chi connectivity index (χ2n) is 8.70. The van der Waals surface area contributed by atoms with Crippen LogP contribution in [0.15, 0.2) is 83.8 Å². The van der Waals surface area contributed by atoms with Gasteiger partial charge in [-0.05, 0) is 30.5 Å². The number of aromatic nitrogens is 1. The first-order valence-electron chi connectivity index (χ1n) is 11.1. The van der Waals surface area contributed by atoms with Crippen molar-refractivity contribution in [2.45, 2.75) is 24.4 Å². The highest BCUT2D eigenvalue weighted by Crippen LogP contribution is 2.47. The Kier molecular flexibility index (Phi) is 4.33. The smallest absolute Gasteiger partial charge is 0.278 e. The summed E-state index contributed by atoms with van der Waals surface area (Å²) in [5, 5.41) is 12.7. The van der Waals surface area contributed by atoms with Crippen LogP contribution < -0.4 is 15.2 Å². The van der Waals surface area contributed by atoms with Crippen molar-refractivity contribution in [3.63, 3.8) is 0 Å². The van der Waals surface area contributed by atoms with Gasteiger partial charge in [-0.2, -0.15) is 0 Å². The lowest BCUT2D eigenvalue weighted by Crippen LogP contribution is -2.58. The highest BCUT2D eigenvalue weighted by Gasteiger charge is 2.52.